The number of hydrogen-bond acceptors (Lipinski definition) is 9. The average molecular weight is 725 g/mol. The summed E-state index contributed by atoms with van der Waals surface area (Å²) in [7, 11) is 0. The van der Waals surface area contributed by atoms with Crippen LogP contribution in [-0.2, 0) is 19.2 Å². The minimum atomic E-state index is -0.773. The lowest BCUT2D eigenvalue weighted by atomic mass is 9.87. The van der Waals surface area contributed by atoms with Crippen molar-refractivity contribution in [2.24, 2.45) is 11.8 Å². The zero-order valence-corrected chi connectivity index (χ0v) is 30.4. The standard InChI is InChI=1S/C35H48N8O5S2/c1-3-21(2)31(45)37-29(23-15-18-42(19-16-23)27(44)14-8-7-13-26-30-24(20-49-26)36-35(48)38-30)34(47)43-17-9-12-25(43)32(46)39-33-28(40-41-50-33)22-10-5-4-6-11-22/h4-6,10-11,21,23-26,29-30H,3,7-9,12-20H2,1-2H3,(H,37,45)(H,39,46)(H2,36,38,48)/t21-,24?,25+,26?,29-,30?/m1/s1. The molecule has 6 rings (SSSR count). The summed E-state index contributed by atoms with van der Waals surface area (Å²) in [6, 6.07) is 8.36. The molecule has 4 N–H and O–H groups in total. The van der Waals surface area contributed by atoms with Gasteiger partial charge in [0, 0.05) is 60.1 Å². The van der Waals surface area contributed by atoms with Gasteiger partial charge in [0.05, 0.1) is 12.1 Å². The molecule has 0 bridgehead atoms. The van der Waals surface area contributed by atoms with Crippen LogP contribution < -0.4 is 21.3 Å². The second-order valence-corrected chi connectivity index (χ2v) is 15.9. The summed E-state index contributed by atoms with van der Waals surface area (Å²) < 4.78 is 4.05. The third-order valence-corrected chi connectivity index (χ3v) is 12.8. The van der Waals surface area contributed by atoms with Crippen LogP contribution in [0.5, 0.6) is 0 Å². The molecule has 2 aromatic rings. The van der Waals surface area contributed by atoms with Gasteiger partial charge in [-0.25, -0.2) is 4.79 Å². The van der Waals surface area contributed by atoms with Gasteiger partial charge in [0.25, 0.3) is 0 Å². The highest BCUT2D eigenvalue weighted by molar-refractivity contribution is 8.00. The summed E-state index contributed by atoms with van der Waals surface area (Å²) in [5.74, 6) is -0.0666. The molecule has 0 aliphatic carbocycles. The van der Waals surface area contributed by atoms with Crippen LogP contribution in [-0.4, -0.2) is 104 Å². The molecule has 4 aliphatic rings. The first-order chi connectivity index (χ1) is 24.2. The van der Waals surface area contributed by atoms with Gasteiger partial charge in [0.1, 0.15) is 22.8 Å². The Labute approximate surface area is 301 Å². The predicted molar refractivity (Wildman–Crippen MR) is 193 cm³/mol. The number of anilines is 1. The lowest BCUT2D eigenvalue weighted by Gasteiger charge is -2.38. The van der Waals surface area contributed by atoms with Gasteiger partial charge in [-0.05, 0) is 50.9 Å². The first kappa shape index (κ1) is 36.1. The number of fused-ring (bicyclic) bond motifs is 1. The number of nitrogens with zero attached hydrogens (tertiary/aromatic N) is 4. The van der Waals surface area contributed by atoms with Crippen molar-refractivity contribution in [3.05, 3.63) is 30.3 Å². The molecule has 4 fully saturated rings. The molecule has 1 aromatic heterocycles. The second-order valence-electron chi connectivity index (χ2n) is 13.9. The van der Waals surface area contributed by atoms with Gasteiger partial charge < -0.3 is 31.1 Å². The number of likely N-dealkylation sites (tertiary alicyclic amines) is 2. The van der Waals surface area contributed by atoms with E-state index >= 15 is 0 Å². The molecule has 1 aromatic carbocycles. The van der Waals surface area contributed by atoms with E-state index in [1.54, 1.807) is 4.90 Å². The summed E-state index contributed by atoms with van der Waals surface area (Å²) >= 11 is 2.99. The highest BCUT2D eigenvalue weighted by Crippen LogP contribution is 2.34. The molecule has 13 nitrogen and oxygen atoms in total. The normalized spacial score (nSPS) is 24.6. The van der Waals surface area contributed by atoms with Crippen molar-refractivity contribution in [1.29, 1.82) is 0 Å². The lowest BCUT2D eigenvalue weighted by molar-refractivity contribution is -0.143. The number of nitrogens with one attached hydrogen (secondary N) is 4. The van der Waals surface area contributed by atoms with Crippen LogP contribution in [0, 0.1) is 11.8 Å². The number of hydrogen-bond donors (Lipinski definition) is 4. The predicted octanol–water partition coefficient (Wildman–Crippen LogP) is 3.63. The molecule has 15 heteroatoms. The molecule has 0 saturated carbocycles. The summed E-state index contributed by atoms with van der Waals surface area (Å²) in [6.07, 6.45) is 6.19. The van der Waals surface area contributed by atoms with Crippen molar-refractivity contribution in [2.45, 2.75) is 101 Å². The van der Waals surface area contributed by atoms with Crippen LogP contribution >= 0.6 is 23.3 Å². The van der Waals surface area contributed by atoms with Crippen LogP contribution in [0.15, 0.2) is 30.3 Å². The van der Waals surface area contributed by atoms with Gasteiger partial charge in [0.2, 0.25) is 23.6 Å². The molecule has 5 heterocycles. The Morgan fingerprint density at radius 1 is 1.04 bits per heavy atom. The van der Waals surface area contributed by atoms with E-state index in [1.807, 2.05) is 60.8 Å². The van der Waals surface area contributed by atoms with E-state index in [2.05, 4.69) is 30.9 Å². The summed E-state index contributed by atoms with van der Waals surface area (Å²) in [5.41, 5.74) is 1.43. The van der Waals surface area contributed by atoms with Crippen LogP contribution in [0.2, 0.25) is 0 Å². The number of carbonyl (C=O) groups is 5. The van der Waals surface area contributed by atoms with Gasteiger partial charge in [-0.3, -0.25) is 19.2 Å². The van der Waals surface area contributed by atoms with E-state index in [4.69, 9.17) is 0 Å². The van der Waals surface area contributed by atoms with Gasteiger partial charge in [-0.1, -0.05) is 55.1 Å². The minimum absolute atomic E-state index is 0.0830. The quantitative estimate of drug-likeness (QED) is 0.180. The average Bonchev–Trinajstić information content (AvgIpc) is 3.95. The zero-order chi connectivity index (χ0) is 35.2. The Morgan fingerprint density at radius 3 is 2.58 bits per heavy atom. The Bertz CT molecular complexity index is 1530. The lowest BCUT2D eigenvalue weighted by Crippen LogP contribution is -2.57. The summed E-state index contributed by atoms with van der Waals surface area (Å²) in [6.45, 7) is 5.27. The molecule has 0 spiro atoms. The van der Waals surface area contributed by atoms with Gasteiger partial charge in [-0.15, -0.1) is 5.10 Å². The van der Waals surface area contributed by atoms with Crippen LogP contribution in [0.1, 0.15) is 71.6 Å². The number of carbonyl (C=O) groups excluding carboxylic acids is 5. The smallest absolute Gasteiger partial charge is 0.315 e. The number of unbranched alkanes of at least 4 members (excludes halogenated alkanes) is 1. The number of urea groups is 1. The molecule has 270 valence electrons. The first-order valence-corrected chi connectivity index (χ1v) is 19.8. The van der Waals surface area contributed by atoms with Gasteiger partial charge in [-0.2, -0.15) is 11.8 Å². The Hall–Kier alpha value is -3.72. The van der Waals surface area contributed by atoms with Crippen molar-refractivity contribution < 1.29 is 24.0 Å². The number of rotatable bonds is 13. The molecule has 0 radical (unpaired) electrons. The molecule has 6 amide bonds. The Balaban J connectivity index is 1.04. The molecule has 4 aliphatic heterocycles. The van der Waals surface area contributed by atoms with Crippen LogP contribution in [0.3, 0.4) is 0 Å². The number of piperidine rings is 1. The van der Waals surface area contributed by atoms with E-state index in [1.165, 1.54) is 0 Å². The molecular formula is C35H48N8O5S2. The summed E-state index contributed by atoms with van der Waals surface area (Å²) in [5, 5.41) is 17.2. The van der Waals surface area contributed by atoms with Crippen LogP contribution in [0.4, 0.5) is 9.80 Å². The van der Waals surface area contributed by atoms with E-state index in [9.17, 15) is 24.0 Å². The number of amides is 6. The highest BCUT2D eigenvalue weighted by Gasteiger charge is 2.43. The van der Waals surface area contributed by atoms with Gasteiger partial charge >= 0.3 is 6.03 Å². The van der Waals surface area contributed by atoms with Crippen LogP contribution in [0.25, 0.3) is 11.3 Å². The van der Waals surface area contributed by atoms with Crippen molar-refractivity contribution >= 4 is 58.0 Å². The fraction of sp³-hybridized carbons (Fsp3) is 0.629. The molecule has 50 heavy (non-hydrogen) atoms. The molecular weight excluding hydrogens is 677 g/mol. The molecule has 3 unspecified atom stereocenters. The minimum Gasteiger partial charge on any atom is -0.344 e. The fourth-order valence-electron chi connectivity index (χ4n) is 7.50. The van der Waals surface area contributed by atoms with Crippen molar-refractivity contribution in [1.82, 2.24) is 35.3 Å². The fourth-order valence-corrected chi connectivity index (χ4v) is 9.64. The maximum atomic E-state index is 14.3. The third kappa shape index (κ3) is 8.25. The topological polar surface area (TPSA) is 166 Å². The highest BCUT2D eigenvalue weighted by atomic mass is 32.2. The SMILES string of the molecule is CC[C@@H](C)C(=O)N[C@@H](C(=O)N1CCC[C@H]1C(=O)Nc1snnc1-c1ccccc1)C1CCN(C(=O)CCCCC2SCC3NC(=O)NC32)CC1. The Kier molecular flexibility index (Phi) is 11.9. The monoisotopic (exact) mass is 724 g/mol. The first-order valence-electron chi connectivity index (χ1n) is 18.0. The summed E-state index contributed by atoms with van der Waals surface area (Å²) in [4.78, 5) is 69.4. The number of aromatic nitrogens is 2. The largest absolute Gasteiger partial charge is 0.344 e. The number of thioether (sulfide) groups is 1. The van der Waals surface area contributed by atoms with Crippen molar-refractivity contribution in [3.63, 3.8) is 0 Å². The maximum absolute atomic E-state index is 14.3. The zero-order valence-electron chi connectivity index (χ0n) is 28.8. The molecule has 6 atom stereocenters. The second kappa shape index (κ2) is 16.5. The van der Waals surface area contributed by atoms with E-state index in [-0.39, 0.29) is 53.6 Å². The molecule has 4 saturated heterocycles. The van der Waals surface area contributed by atoms with Crippen molar-refractivity contribution in [3.8, 4) is 11.3 Å². The Morgan fingerprint density at radius 2 is 1.82 bits per heavy atom. The van der Waals surface area contributed by atoms with Gasteiger partial charge in [0.15, 0.2) is 0 Å². The third-order valence-electron chi connectivity index (χ3n) is 10.7. The van der Waals surface area contributed by atoms with E-state index in [0.29, 0.717) is 74.1 Å². The maximum Gasteiger partial charge on any atom is 0.315 e. The number of benzene rings is 1. The van der Waals surface area contributed by atoms with Crippen molar-refractivity contribution in [2.75, 3.05) is 30.7 Å². The van der Waals surface area contributed by atoms with E-state index in [0.717, 1.165) is 42.1 Å². The van der Waals surface area contributed by atoms with E-state index < -0.39 is 12.1 Å².